The Morgan fingerprint density at radius 1 is 1.31 bits per heavy atom. The highest BCUT2D eigenvalue weighted by Crippen LogP contribution is 2.27. The molecule has 26 heavy (non-hydrogen) atoms. The first-order chi connectivity index (χ1) is 12.5. The highest BCUT2D eigenvalue weighted by molar-refractivity contribution is 7.20. The van der Waals surface area contributed by atoms with E-state index in [1.807, 2.05) is 24.3 Å². The average Bonchev–Trinajstić information content (AvgIpc) is 3.04. The maximum atomic E-state index is 13.7. The topological polar surface area (TPSA) is 94.4 Å². The van der Waals surface area contributed by atoms with Gasteiger partial charge in [-0.1, -0.05) is 23.5 Å². The van der Waals surface area contributed by atoms with Gasteiger partial charge in [0.05, 0.1) is 27.3 Å². The quantitative estimate of drug-likeness (QED) is 0.387. The van der Waals surface area contributed by atoms with E-state index in [0.29, 0.717) is 18.2 Å². The summed E-state index contributed by atoms with van der Waals surface area (Å²) in [4.78, 5) is 26.3. The predicted molar refractivity (Wildman–Crippen MR) is 95.1 cm³/mol. The summed E-state index contributed by atoms with van der Waals surface area (Å²) in [5, 5.41) is 13.8. The zero-order valence-electron chi connectivity index (χ0n) is 13.5. The van der Waals surface area contributed by atoms with E-state index in [0.717, 1.165) is 28.4 Å². The highest BCUT2D eigenvalue weighted by Gasteiger charge is 2.16. The van der Waals surface area contributed by atoms with E-state index in [9.17, 15) is 19.3 Å². The molecular weight excluding hydrogens is 361 g/mol. The fraction of sp³-hybridized carbons (Fsp3) is 0.176. The van der Waals surface area contributed by atoms with Gasteiger partial charge in [-0.05, 0) is 24.6 Å². The Balaban J connectivity index is 1.48. The van der Waals surface area contributed by atoms with Crippen LogP contribution in [0.3, 0.4) is 0 Å². The van der Waals surface area contributed by atoms with Crippen molar-refractivity contribution in [1.82, 2.24) is 10.3 Å². The van der Waals surface area contributed by atoms with Crippen LogP contribution in [0.5, 0.6) is 5.19 Å². The number of fused-ring (bicyclic) bond motifs is 1. The van der Waals surface area contributed by atoms with Gasteiger partial charge >= 0.3 is 0 Å². The zero-order valence-corrected chi connectivity index (χ0v) is 14.3. The molecule has 9 heteroatoms. The Morgan fingerprint density at radius 3 is 2.88 bits per heavy atom. The standard InChI is InChI=1S/C17H14FN3O4S/c18-13-7-6-11(21(23)24)10-12(13)16(22)19-8-3-9-25-17-20-14-4-1-2-5-15(14)26-17/h1-2,4-7,10H,3,8-9H2,(H,19,22). The summed E-state index contributed by atoms with van der Waals surface area (Å²) in [6.45, 7) is 0.573. The average molecular weight is 375 g/mol. The first kappa shape index (κ1) is 17.7. The number of non-ortho nitro benzene ring substituents is 1. The molecule has 0 saturated carbocycles. The predicted octanol–water partition coefficient (Wildman–Crippen LogP) is 3.54. The van der Waals surface area contributed by atoms with Crippen LogP contribution in [0.25, 0.3) is 10.2 Å². The monoisotopic (exact) mass is 375 g/mol. The van der Waals surface area contributed by atoms with Gasteiger partial charge in [0.1, 0.15) is 5.82 Å². The lowest BCUT2D eigenvalue weighted by atomic mass is 10.1. The van der Waals surface area contributed by atoms with E-state index in [1.165, 1.54) is 11.3 Å². The van der Waals surface area contributed by atoms with Crippen molar-refractivity contribution in [3.8, 4) is 5.19 Å². The number of nitro benzene ring substituents is 1. The normalized spacial score (nSPS) is 10.7. The molecule has 134 valence electrons. The molecule has 3 aromatic rings. The smallest absolute Gasteiger partial charge is 0.274 e. The number of hydrogen-bond donors (Lipinski definition) is 1. The Bertz CT molecular complexity index is 927. The molecule has 0 aliphatic carbocycles. The minimum absolute atomic E-state index is 0.242. The second-order valence-corrected chi connectivity index (χ2v) is 6.32. The maximum absolute atomic E-state index is 13.7. The number of amides is 1. The highest BCUT2D eigenvalue weighted by atomic mass is 32.1. The van der Waals surface area contributed by atoms with Crippen LogP contribution in [-0.4, -0.2) is 29.0 Å². The Morgan fingerprint density at radius 2 is 2.12 bits per heavy atom. The van der Waals surface area contributed by atoms with Crippen LogP contribution in [0.1, 0.15) is 16.8 Å². The SMILES string of the molecule is O=C(NCCCOc1nc2ccccc2s1)c1cc([N+](=O)[O-])ccc1F. The van der Waals surface area contributed by atoms with Crippen LogP contribution in [0.15, 0.2) is 42.5 Å². The number of carbonyl (C=O) groups excluding carboxylic acids is 1. The summed E-state index contributed by atoms with van der Waals surface area (Å²) in [6, 6.07) is 10.5. The van der Waals surface area contributed by atoms with Crippen LogP contribution in [0.2, 0.25) is 0 Å². The minimum atomic E-state index is -0.807. The van der Waals surface area contributed by atoms with E-state index >= 15 is 0 Å². The molecule has 0 aliphatic heterocycles. The van der Waals surface area contributed by atoms with Crippen molar-refractivity contribution >= 4 is 33.1 Å². The number of nitro groups is 1. The number of nitrogens with zero attached hydrogens (tertiary/aromatic N) is 2. The van der Waals surface area contributed by atoms with Crippen molar-refractivity contribution in [1.29, 1.82) is 0 Å². The van der Waals surface area contributed by atoms with E-state index in [2.05, 4.69) is 10.3 Å². The maximum Gasteiger partial charge on any atom is 0.274 e. The summed E-state index contributed by atoms with van der Waals surface area (Å²) in [7, 11) is 0. The van der Waals surface area contributed by atoms with E-state index in [4.69, 9.17) is 4.74 Å². The third kappa shape index (κ3) is 4.12. The van der Waals surface area contributed by atoms with Gasteiger partial charge in [-0.15, -0.1) is 0 Å². The molecule has 0 aliphatic rings. The lowest BCUT2D eigenvalue weighted by Crippen LogP contribution is -2.26. The molecule has 0 saturated heterocycles. The molecule has 1 amide bonds. The molecule has 0 radical (unpaired) electrons. The third-order valence-corrected chi connectivity index (χ3v) is 4.46. The third-order valence-electron chi connectivity index (χ3n) is 3.51. The number of ether oxygens (including phenoxy) is 1. The first-order valence-electron chi connectivity index (χ1n) is 7.75. The Kier molecular flexibility index (Phi) is 5.37. The molecule has 0 atom stereocenters. The summed E-state index contributed by atoms with van der Waals surface area (Å²) < 4.78 is 20.2. The van der Waals surface area contributed by atoms with Crippen LogP contribution in [0.4, 0.5) is 10.1 Å². The Labute approximate surface area is 151 Å². The van der Waals surface area contributed by atoms with Crippen LogP contribution in [0, 0.1) is 15.9 Å². The molecule has 0 unspecified atom stereocenters. The number of aromatic nitrogens is 1. The molecule has 0 spiro atoms. The van der Waals surface area contributed by atoms with Crippen LogP contribution < -0.4 is 10.1 Å². The van der Waals surface area contributed by atoms with Crippen molar-refractivity contribution in [3.63, 3.8) is 0 Å². The number of halogens is 1. The molecule has 0 bridgehead atoms. The molecule has 1 aromatic heterocycles. The van der Waals surface area contributed by atoms with Gasteiger partial charge < -0.3 is 10.1 Å². The van der Waals surface area contributed by atoms with Crippen molar-refractivity contribution in [3.05, 3.63) is 64.0 Å². The van der Waals surface area contributed by atoms with Gasteiger partial charge in [0, 0.05) is 18.7 Å². The van der Waals surface area contributed by atoms with E-state index in [1.54, 1.807) is 0 Å². The number of benzene rings is 2. The van der Waals surface area contributed by atoms with Gasteiger partial charge in [-0.3, -0.25) is 14.9 Å². The number of para-hydroxylation sites is 1. The molecule has 0 fully saturated rings. The largest absolute Gasteiger partial charge is 0.470 e. The van der Waals surface area contributed by atoms with Crippen LogP contribution in [-0.2, 0) is 0 Å². The van der Waals surface area contributed by atoms with Crippen molar-refractivity contribution < 1.29 is 18.8 Å². The minimum Gasteiger partial charge on any atom is -0.470 e. The zero-order chi connectivity index (χ0) is 18.5. The van der Waals surface area contributed by atoms with Crippen molar-refractivity contribution in [2.75, 3.05) is 13.2 Å². The number of nitrogens with one attached hydrogen (secondary N) is 1. The van der Waals surface area contributed by atoms with Crippen LogP contribution >= 0.6 is 11.3 Å². The second kappa shape index (κ2) is 7.87. The molecule has 3 rings (SSSR count). The molecule has 7 nitrogen and oxygen atoms in total. The van der Waals surface area contributed by atoms with Gasteiger partial charge in [-0.2, -0.15) is 0 Å². The van der Waals surface area contributed by atoms with E-state index < -0.39 is 16.6 Å². The summed E-state index contributed by atoms with van der Waals surface area (Å²) in [5.41, 5.74) is 0.170. The summed E-state index contributed by atoms with van der Waals surface area (Å²) in [5.74, 6) is -1.51. The summed E-state index contributed by atoms with van der Waals surface area (Å²) in [6.07, 6.45) is 0.484. The molecule has 2 aromatic carbocycles. The van der Waals surface area contributed by atoms with Gasteiger partial charge in [0.2, 0.25) is 0 Å². The number of thiazole rings is 1. The fourth-order valence-electron chi connectivity index (χ4n) is 2.24. The Hall–Kier alpha value is -3.07. The number of hydrogen-bond acceptors (Lipinski definition) is 6. The first-order valence-corrected chi connectivity index (χ1v) is 8.57. The summed E-state index contributed by atoms with van der Waals surface area (Å²) >= 11 is 1.43. The molecular formula is C17H14FN3O4S. The van der Waals surface area contributed by atoms with Gasteiger partial charge in [-0.25, -0.2) is 9.37 Å². The van der Waals surface area contributed by atoms with Crippen molar-refractivity contribution in [2.24, 2.45) is 0 Å². The lowest BCUT2D eigenvalue weighted by molar-refractivity contribution is -0.384. The lowest BCUT2D eigenvalue weighted by Gasteiger charge is -2.06. The van der Waals surface area contributed by atoms with Crippen molar-refractivity contribution in [2.45, 2.75) is 6.42 Å². The van der Waals surface area contributed by atoms with Gasteiger partial charge in [0.15, 0.2) is 0 Å². The number of rotatable bonds is 7. The van der Waals surface area contributed by atoms with Gasteiger partial charge in [0.25, 0.3) is 16.8 Å². The molecule has 1 N–H and O–H groups in total. The molecule has 1 heterocycles. The number of carbonyl (C=O) groups is 1. The fourth-order valence-corrected chi connectivity index (χ4v) is 3.08. The second-order valence-electron chi connectivity index (χ2n) is 5.33. The van der Waals surface area contributed by atoms with E-state index in [-0.39, 0.29) is 17.8 Å².